The smallest absolute Gasteiger partial charge is 1.00 e. The van der Waals surface area contributed by atoms with Crippen molar-refractivity contribution in [3.63, 3.8) is 0 Å². The second-order valence-corrected chi connectivity index (χ2v) is 26.3. The normalized spacial score (nSPS) is 26.9. The van der Waals surface area contributed by atoms with Crippen molar-refractivity contribution in [1.29, 1.82) is 0 Å². The summed E-state index contributed by atoms with van der Waals surface area (Å²) < 4.78 is 5.60. The van der Waals surface area contributed by atoms with Crippen LogP contribution in [0.1, 0.15) is 96.9 Å². The summed E-state index contributed by atoms with van der Waals surface area (Å²) >= 11 is 4.54. The fourth-order valence-corrected chi connectivity index (χ4v) is 23.1. The summed E-state index contributed by atoms with van der Waals surface area (Å²) in [6.45, 7) is 21.5. The van der Waals surface area contributed by atoms with E-state index in [1.165, 1.54) is 28.7 Å². The van der Waals surface area contributed by atoms with Gasteiger partial charge in [-0.1, -0.05) is 0 Å². The average Bonchev–Trinajstić information content (AvgIpc) is 3.76. The van der Waals surface area contributed by atoms with Crippen LogP contribution >= 0.6 is 31.9 Å². The van der Waals surface area contributed by atoms with Gasteiger partial charge in [-0.15, -0.1) is 0 Å². The summed E-state index contributed by atoms with van der Waals surface area (Å²) in [7, 11) is 0. The first kappa shape index (κ1) is 40.3. The van der Waals surface area contributed by atoms with Crippen LogP contribution in [-0.4, -0.2) is 3.21 Å². The molecule has 0 spiro atoms. The first-order chi connectivity index (χ1) is 23.7. The predicted octanol–water partition coefficient (Wildman–Crippen LogP) is 7.81. The van der Waals surface area contributed by atoms with Crippen LogP contribution in [0.3, 0.4) is 0 Å². The molecule has 0 aromatic heterocycles. The van der Waals surface area contributed by atoms with Gasteiger partial charge in [-0.3, -0.25) is 0 Å². The molecule has 270 valence electrons. The van der Waals surface area contributed by atoms with Crippen LogP contribution in [0.2, 0.25) is 3.12 Å². The zero-order chi connectivity index (χ0) is 35.4. The van der Waals surface area contributed by atoms with Gasteiger partial charge < -0.3 is 24.8 Å². The number of allylic oxidation sites excluding steroid dienone is 10. The van der Waals surface area contributed by atoms with Gasteiger partial charge in [0.15, 0.2) is 0 Å². The third kappa shape index (κ3) is 5.35. The summed E-state index contributed by atoms with van der Waals surface area (Å²) in [6.07, 6.45) is 16.9. The van der Waals surface area contributed by atoms with Crippen LogP contribution in [-0.2, 0) is 27.7 Å². The molecule has 3 aromatic rings. The first-order valence-corrected chi connectivity index (χ1v) is 23.8. The molecule has 5 aliphatic rings. The molecule has 0 heterocycles. The van der Waals surface area contributed by atoms with Gasteiger partial charge in [-0.25, -0.2) is 0 Å². The van der Waals surface area contributed by atoms with E-state index in [0.717, 1.165) is 28.2 Å². The van der Waals surface area contributed by atoms with Crippen molar-refractivity contribution in [1.82, 2.24) is 0 Å². The van der Waals surface area contributed by atoms with Gasteiger partial charge in [0.1, 0.15) is 0 Å². The second kappa shape index (κ2) is 14.0. The Hall–Kier alpha value is -1.35. The fraction of sp³-hybridized carbons (Fsp3) is 0.383. The molecule has 52 heavy (non-hydrogen) atoms. The van der Waals surface area contributed by atoms with E-state index < -0.39 is 21.3 Å². The van der Waals surface area contributed by atoms with E-state index in [2.05, 4.69) is 190 Å². The van der Waals surface area contributed by atoms with E-state index in [0.29, 0.717) is 5.92 Å². The molecule has 1 saturated carbocycles. The maximum absolute atomic E-state index is 3.79. The van der Waals surface area contributed by atoms with Crippen molar-refractivity contribution in [3.05, 3.63) is 154 Å². The molecule has 3 unspecified atom stereocenters. The molecule has 0 N–H and O–H groups in total. The molecular formula is C47H50Br2Cl2Zr. The van der Waals surface area contributed by atoms with Crippen LogP contribution in [0.4, 0.5) is 0 Å². The van der Waals surface area contributed by atoms with E-state index in [4.69, 9.17) is 0 Å². The van der Waals surface area contributed by atoms with E-state index in [9.17, 15) is 0 Å². The fourth-order valence-electron chi connectivity index (χ4n) is 11.4. The molecule has 3 aromatic carbocycles. The summed E-state index contributed by atoms with van der Waals surface area (Å²) in [6, 6.07) is 28.0. The monoisotopic (exact) mass is 932 g/mol. The van der Waals surface area contributed by atoms with Gasteiger partial charge in [-0.05, 0) is 0 Å². The Labute approximate surface area is 349 Å². The molecule has 1 fully saturated rings. The van der Waals surface area contributed by atoms with E-state index in [-0.39, 0.29) is 49.6 Å². The maximum atomic E-state index is 3.79. The van der Waals surface area contributed by atoms with Crippen molar-refractivity contribution in [2.45, 2.75) is 84.2 Å². The Bertz CT molecular complexity index is 2080. The van der Waals surface area contributed by atoms with Crippen LogP contribution in [0.15, 0.2) is 132 Å². The number of rotatable bonds is 4. The molecule has 0 saturated heterocycles. The summed E-state index contributed by atoms with van der Waals surface area (Å²) in [4.78, 5) is 0. The zero-order valence-corrected chi connectivity index (χ0v) is 38.9. The number of fused-ring (bicyclic) bond motifs is 6. The minimum Gasteiger partial charge on any atom is -1.00 e. The van der Waals surface area contributed by atoms with Gasteiger partial charge in [0.05, 0.1) is 0 Å². The molecule has 0 aliphatic heterocycles. The molecule has 5 aliphatic carbocycles. The number of halogens is 4. The van der Waals surface area contributed by atoms with Gasteiger partial charge in [-0.2, -0.15) is 0 Å². The Morgan fingerprint density at radius 1 is 0.712 bits per heavy atom. The van der Waals surface area contributed by atoms with Crippen LogP contribution < -0.4 is 24.8 Å². The quantitative estimate of drug-likeness (QED) is 0.251. The third-order valence-electron chi connectivity index (χ3n) is 15.3. The van der Waals surface area contributed by atoms with Crippen molar-refractivity contribution in [3.8, 4) is 0 Å². The zero-order valence-electron chi connectivity index (χ0n) is 31.7. The molecule has 0 bridgehead atoms. The van der Waals surface area contributed by atoms with Crippen molar-refractivity contribution in [2.75, 3.05) is 0 Å². The van der Waals surface area contributed by atoms with Crippen molar-refractivity contribution in [2.24, 2.45) is 27.6 Å². The van der Waals surface area contributed by atoms with Crippen LogP contribution in [0.5, 0.6) is 0 Å². The predicted molar refractivity (Wildman–Crippen MR) is 217 cm³/mol. The first-order valence-electron chi connectivity index (χ1n) is 18.5. The van der Waals surface area contributed by atoms with E-state index in [1.54, 1.807) is 23.2 Å². The standard InChI is InChI=1S/C29H37.C13H8Br2.C5H5.2ClH.Zr/c1-18-25-22-17-19-13-9-10-14-20(19)24(22)21-15-11-12-16-23(21)29(25,8)28(6,7)27(4,5)26(18,2)3;14-12-5-1-10(2-6-12)9-11-3-7-13(15)8-4-11;1-2-4-5-3-1;;;/h9-11,13-15,23H,12,16-17H2,1-8H3;1-8H;1-3H,4H2;2*1H;/q;;;;;+2/p-2. The molecule has 5 heteroatoms. The largest absolute Gasteiger partial charge is 1.00 e. The van der Waals surface area contributed by atoms with Gasteiger partial charge in [0, 0.05) is 0 Å². The molecule has 0 nitrogen and oxygen atoms in total. The average molecular weight is 937 g/mol. The SMILES string of the molecule is CC12C(=C3Cc4ccccc4C3=C3C=CCCC31)[C](C)([Zr+2]([C]1=CC=CC1)=[C](c1ccc(Br)cc1)c1ccc(Br)cc1)C(C)(C)C(C)(C)C2(C)C.[Cl-].[Cl-]. The van der Waals surface area contributed by atoms with Gasteiger partial charge in [0.2, 0.25) is 0 Å². The Morgan fingerprint density at radius 3 is 1.88 bits per heavy atom. The van der Waals surface area contributed by atoms with E-state index >= 15 is 0 Å². The molecule has 3 atom stereocenters. The Balaban J connectivity index is 0.00000232. The Morgan fingerprint density at radius 2 is 1.31 bits per heavy atom. The molecule has 0 radical (unpaired) electrons. The minimum atomic E-state index is -3.03. The second-order valence-electron chi connectivity index (χ2n) is 17.3. The van der Waals surface area contributed by atoms with Gasteiger partial charge in [0.25, 0.3) is 0 Å². The molecular weight excluding hydrogens is 886 g/mol. The Kier molecular flexibility index (Phi) is 10.8. The van der Waals surface area contributed by atoms with Crippen LogP contribution in [0.25, 0.3) is 5.57 Å². The van der Waals surface area contributed by atoms with E-state index in [1.807, 2.05) is 5.57 Å². The number of hydrogen-bond acceptors (Lipinski definition) is 0. The maximum Gasteiger partial charge on any atom is -1.00 e. The van der Waals surface area contributed by atoms with Crippen molar-refractivity contribution < 1.29 is 46.1 Å². The molecule has 8 rings (SSSR count). The number of hydrogen-bond donors (Lipinski definition) is 0. The summed E-state index contributed by atoms with van der Waals surface area (Å²) in [5, 5.41) is 0. The summed E-state index contributed by atoms with van der Waals surface area (Å²) in [5.74, 6) is 0.487. The van der Waals surface area contributed by atoms with Gasteiger partial charge >= 0.3 is 328 Å². The molecule has 0 amide bonds. The number of benzene rings is 3. The van der Waals surface area contributed by atoms with Crippen LogP contribution in [0, 0.1) is 27.6 Å². The minimum absolute atomic E-state index is 0. The topological polar surface area (TPSA) is 0 Å². The summed E-state index contributed by atoms with van der Waals surface area (Å²) in [5.41, 5.74) is 12.5. The third-order valence-corrected chi connectivity index (χ3v) is 26.1. The van der Waals surface area contributed by atoms with Crippen molar-refractivity contribution >= 4 is 40.6 Å².